The molecule has 0 aliphatic rings. The summed E-state index contributed by atoms with van der Waals surface area (Å²) in [5, 5.41) is 10.2. The predicted molar refractivity (Wildman–Crippen MR) is 61.7 cm³/mol. The van der Waals surface area contributed by atoms with Crippen molar-refractivity contribution in [2.45, 2.75) is 0 Å². The Morgan fingerprint density at radius 1 is 1.35 bits per heavy atom. The highest BCUT2D eigenvalue weighted by molar-refractivity contribution is 7.13. The van der Waals surface area contributed by atoms with E-state index >= 15 is 0 Å². The van der Waals surface area contributed by atoms with Crippen LogP contribution in [0, 0.1) is 11.6 Å². The lowest BCUT2D eigenvalue weighted by Gasteiger charge is -1.98. The van der Waals surface area contributed by atoms with E-state index in [0.29, 0.717) is 0 Å². The summed E-state index contributed by atoms with van der Waals surface area (Å²) in [7, 11) is 0. The van der Waals surface area contributed by atoms with Gasteiger partial charge in [0.05, 0.1) is 0 Å². The molecule has 0 radical (unpaired) electrons. The first kappa shape index (κ1) is 13.5. The van der Waals surface area contributed by atoms with Gasteiger partial charge in [0.15, 0.2) is 5.69 Å². The number of carboxylic acids is 1. The fourth-order valence-electron chi connectivity index (χ4n) is 1.16. The Kier molecular flexibility index (Phi) is 4.14. The average molecular weight is 278 g/mol. The molecule has 17 heavy (non-hydrogen) atoms. The van der Waals surface area contributed by atoms with Crippen molar-refractivity contribution in [3.05, 3.63) is 40.9 Å². The second-order valence-electron chi connectivity index (χ2n) is 2.97. The molecule has 2 rings (SSSR count). The molecule has 0 amide bonds. The van der Waals surface area contributed by atoms with Crippen LogP contribution in [0.2, 0.25) is 0 Å². The Labute approximate surface area is 105 Å². The van der Waals surface area contributed by atoms with Crippen LogP contribution in [0.5, 0.6) is 0 Å². The van der Waals surface area contributed by atoms with E-state index in [0.717, 1.165) is 23.5 Å². The SMILES string of the molecule is Cl.O=C(O)c1csc(-c2ccc(F)cc2F)n1. The van der Waals surface area contributed by atoms with E-state index < -0.39 is 17.6 Å². The highest BCUT2D eigenvalue weighted by Gasteiger charge is 2.13. The summed E-state index contributed by atoms with van der Waals surface area (Å²) in [5.74, 6) is -2.62. The van der Waals surface area contributed by atoms with Crippen molar-refractivity contribution in [1.29, 1.82) is 0 Å². The van der Waals surface area contributed by atoms with E-state index in [-0.39, 0.29) is 28.7 Å². The Morgan fingerprint density at radius 2 is 2.06 bits per heavy atom. The summed E-state index contributed by atoms with van der Waals surface area (Å²) in [5.41, 5.74) is -0.0531. The summed E-state index contributed by atoms with van der Waals surface area (Å²) < 4.78 is 26.0. The molecule has 0 aliphatic carbocycles. The van der Waals surface area contributed by atoms with Crippen molar-refractivity contribution in [3.8, 4) is 10.6 Å². The Hall–Kier alpha value is -1.53. The second-order valence-corrected chi connectivity index (χ2v) is 3.83. The van der Waals surface area contributed by atoms with E-state index in [1.165, 1.54) is 11.4 Å². The maximum Gasteiger partial charge on any atom is 0.355 e. The lowest BCUT2D eigenvalue weighted by Crippen LogP contribution is -1.96. The third-order valence-corrected chi connectivity index (χ3v) is 2.76. The van der Waals surface area contributed by atoms with Crippen LogP contribution < -0.4 is 0 Å². The lowest BCUT2D eigenvalue weighted by molar-refractivity contribution is 0.0691. The number of rotatable bonds is 2. The number of hydrogen-bond donors (Lipinski definition) is 1. The third kappa shape index (κ3) is 2.78. The van der Waals surface area contributed by atoms with Gasteiger partial charge in [-0.05, 0) is 12.1 Å². The summed E-state index contributed by atoms with van der Waals surface area (Å²) in [6.07, 6.45) is 0. The van der Waals surface area contributed by atoms with Crippen molar-refractivity contribution in [2.24, 2.45) is 0 Å². The van der Waals surface area contributed by atoms with Gasteiger partial charge in [-0.25, -0.2) is 18.6 Å². The average Bonchev–Trinajstić information content (AvgIpc) is 2.66. The number of hydrogen-bond acceptors (Lipinski definition) is 3. The van der Waals surface area contributed by atoms with Crippen molar-refractivity contribution in [2.75, 3.05) is 0 Å². The Balaban J connectivity index is 0.00000144. The molecule has 0 atom stereocenters. The topological polar surface area (TPSA) is 50.2 Å². The minimum Gasteiger partial charge on any atom is -0.476 e. The number of aromatic nitrogens is 1. The van der Waals surface area contributed by atoms with Gasteiger partial charge in [0.1, 0.15) is 16.6 Å². The summed E-state index contributed by atoms with van der Waals surface area (Å²) in [6, 6.07) is 3.06. The molecule has 90 valence electrons. The van der Waals surface area contributed by atoms with Gasteiger partial charge < -0.3 is 5.11 Å². The van der Waals surface area contributed by atoms with E-state index in [1.54, 1.807) is 0 Å². The third-order valence-electron chi connectivity index (χ3n) is 1.88. The molecule has 0 saturated heterocycles. The lowest BCUT2D eigenvalue weighted by atomic mass is 10.2. The highest BCUT2D eigenvalue weighted by atomic mass is 35.5. The van der Waals surface area contributed by atoms with Gasteiger partial charge in [0.25, 0.3) is 0 Å². The molecular formula is C10H6ClF2NO2S. The van der Waals surface area contributed by atoms with Crippen LogP contribution in [0.3, 0.4) is 0 Å². The van der Waals surface area contributed by atoms with Crippen LogP contribution >= 0.6 is 23.7 Å². The van der Waals surface area contributed by atoms with Crippen LogP contribution in [0.4, 0.5) is 8.78 Å². The zero-order valence-electron chi connectivity index (χ0n) is 8.18. The van der Waals surface area contributed by atoms with E-state index in [1.807, 2.05) is 0 Å². The minimum absolute atomic E-state index is 0. The molecular weight excluding hydrogens is 272 g/mol. The monoisotopic (exact) mass is 277 g/mol. The second kappa shape index (κ2) is 5.20. The first-order valence-corrected chi connectivity index (χ1v) is 5.10. The van der Waals surface area contributed by atoms with Gasteiger partial charge in [-0.1, -0.05) is 0 Å². The van der Waals surface area contributed by atoms with Crippen molar-refractivity contribution in [1.82, 2.24) is 4.98 Å². The van der Waals surface area contributed by atoms with E-state index in [9.17, 15) is 13.6 Å². The largest absolute Gasteiger partial charge is 0.476 e. The molecule has 0 spiro atoms. The Morgan fingerprint density at radius 3 is 2.59 bits per heavy atom. The summed E-state index contributed by atoms with van der Waals surface area (Å²) >= 11 is 0.997. The van der Waals surface area contributed by atoms with Crippen LogP contribution in [-0.2, 0) is 0 Å². The van der Waals surface area contributed by atoms with Crippen LogP contribution in [0.15, 0.2) is 23.6 Å². The van der Waals surface area contributed by atoms with Gasteiger partial charge in [0, 0.05) is 17.0 Å². The van der Waals surface area contributed by atoms with Gasteiger partial charge in [-0.2, -0.15) is 0 Å². The first-order chi connectivity index (χ1) is 7.58. The van der Waals surface area contributed by atoms with Gasteiger partial charge in [-0.3, -0.25) is 0 Å². The fraction of sp³-hybridized carbons (Fsp3) is 0. The molecule has 1 aromatic carbocycles. The quantitative estimate of drug-likeness (QED) is 0.917. The highest BCUT2D eigenvalue weighted by Crippen LogP contribution is 2.26. The molecule has 1 aromatic heterocycles. The van der Waals surface area contributed by atoms with Crippen LogP contribution in [0.1, 0.15) is 10.5 Å². The van der Waals surface area contributed by atoms with Crippen molar-refractivity contribution < 1.29 is 18.7 Å². The molecule has 0 bridgehead atoms. The van der Waals surface area contributed by atoms with Crippen LogP contribution in [0.25, 0.3) is 10.6 Å². The molecule has 1 heterocycles. The number of benzene rings is 1. The number of aromatic carboxylic acids is 1. The van der Waals surface area contributed by atoms with Crippen molar-refractivity contribution in [3.63, 3.8) is 0 Å². The molecule has 0 unspecified atom stereocenters. The molecule has 0 saturated carbocycles. The minimum atomic E-state index is -1.18. The predicted octanol–water partition coefficient (Wildman–Crippen LogP) is 3.21. The fourth-order valence-corrected chi connectivity index (χ4v) is 1.98. The molecule has 0 fully saturated rings. The van der Waals surface area contributed by atoms with Crippen molar-refractivity contribution >= 4 is 29.7 Å². The Bertz CT molecular complexity index is 559. The molecule has 3 nitrogen and oxygen atoms in total. The number of nitrogens with zero attached hydrogens (tertiary/aromatic N) is 1. The molecule has 2 aromatic rings. The number of carbonyl (C=O) groups is 1. The van der Waals surface area contributed by atoms with Gasteiger partial charge in [0.2, 0.25) is 0 Å². The standard InChI is InChI=1S/C10H5F2NO2S.ClH/c11-5-1-2-6(7(12)3-5)9-13-8(4-16-9)10(14)15;/h1-4H,(H,14,15);1H. The smallest absolute Gasteiger partial charge is 0.355 e. The van der Waals surface area contributed by atoms with Gasteiger partial charge >= 0.3 is 5.97 Å². The normalized spacial score (nSPS) is 9.76. The molecule has 0 aliphatic heterocycles. The van der Waals surface area contributed by atoms with Crippen LogP contribution in [-0.4, -0.2) is 16.1 Å². The number of thiazole rings is 1. The maximum absolute atomic E-state index is 13.3. The first-order valence-electron chi connectivity index (χ1n) is 4.22. The number of halogens is 3. The van der Waals surface area contributed by atoms with E-state index in [4.69, 9.17) is 5.11 Å². The maximum atomic E-state index is 13.3. The summed E-state index contributed by atoms with van der Waals surface area (Å²) in [4.78, 5) is 14.3. The molecule has 7 heteroatoms. The zero-order valence-corrected chi connectivity index (χ0v) is 9.82. The van der Waals surface area contributed by atoms with Gasteiger partial charge in [-0.15, -0.1) is 23.7 Å². The van der Waals surface area contributed by atoms with E-state index in [2.05, 4.69) is 4.98 Å². The zero-order chi connectivity index (χ0) is 11.7. The summed E-state index contributed by atoms with van der Waals surface area (Å²) in [6.45, 7) is 0. The number of carboxylic acid groups (broad SMARTS) is 1. The molecule has 1 N–H and O–H groups in total.